The molecule has 0 aliphatic carbocycles. The number of nitrogens with zero attached hydrogens (tertiary/aromatic N) is 2. The molecular weight excluding hydrogens is 238 g/mol. The Hall–Kier alpha value is -1.42. The Morgan fingerprint density at radius 2 is 2.37 bits per heavy atom. The van der Waals surface area contributed by atoms with Crippen LogP contribution in [0.1, 0.15) is 31.0 Å². The van der Waals surface area contributed by atoms with E-state index in [1.165, 1.54) is 0 Å². The van der Waals surface area contributed by atoms with Crippen LogP contribution in [0.25, 0.3) is 0 Å². The van der Waals surface area contributed by atoms with Crippen molar-refractivity contribution in [3.05, 3.63) is 29.6 Å². The van der Waals surface area contributed by atoms with Gasteiger partial charge in [0.2, 0.25) is 5.91 Å². The third-order valence-corrected chi connectivity index (χ3v) is 3.59. The molecule has 4 heteroatoms. The number of aromatic nitrogens is 1. The van der Waals surface area contributed by atoms with Crippen LogP contribution in [0.2, 0.25) is 0 Å². The van der Waals surface area contributed by atoms with E-state index < -0.39 is 0 Å². The van der Waals surface area contributed by atoms with Crippen LogP contribution in [0.4, 0.5) is 0 Å². The predicted octanol–water partition coefficient (Wildman–Crippen LogP) is 1.53. The van der Waals surface area contributed by atoms with Crippen LogP contribution in [0.5, 0.6) is 0 Å². The number of aryl methyl sites for hydroxylation is 1. The highest BCUT2D eigenvalue weighted by Gasteiger charge is 2.25. The minimum atomic E-state index is 0.223. The second-order valence-corrected chi connectivity index (χ2v) is 5.22. The van der Waals surface area contributed by atoms with Gasteiger partial charge in [-0.25, -0.2) is 0 Å². The largest absolute Gasteiger partial charge is 0.338 e. The fourth-order valence-corrected chi connectivity index (χ4v) is 2.54. The molecule has 1 aromatic heterocycles. The van der Waals surface area contributed by atoms with E-state index in [0.717, 1.165) is 43.7 Å². The average Bonchev–Trinajstić information content (AvgIpc) is 2.92. The van der Waals surface area contributed by atoms with E-state index in [4.69, 9.17) is 0 Å². The number of pyridine rings is 1. The third-order valence-electron chi connectivity index (χ3n) is 3.59. The standard InChI is InChI=1S/C15H23N3O/c1-3-8-18(14-6-7-16-11-14)15(19)9-13-5-4-12(2)17-10-13/h4-5,10,14,16H,3,6-9,11H2,1-2H3. The zero-order valence-corrected chi connectivity index (χ0v) is 11.9. The molecule has 1 amide bonds. The van der Waals surface area contributed by atoms with Crippen molar-refractivity contribution >= 4 is 5.91 Å². The SMILES string of the molecule is CCCN(C(=O)Cc1ccc(C)nc1)C1CCNC1. The summed E-state index contributed by atoms with van der Waals surface area (Å²) in [7, 11) is 0. The molecule has 0 saturated carbocycles. The summed E-state index contributed by atoms with van der Waals surface area (Å²) in [6, 6.07) is 4.33. The van der Waals surface area contributed by atoms with Gasteiger partial charge in [-0.3, -0.25) is 9.78 Å². The van der Waals surface area contributed by atoms with Crippen LogP contribution < -0.4 is 5.32 Å². The Bertz CT molecular complexity index is 410. The Labute approximate surface area is 115 Å². The molecule has 0 radical (unpaired) electrons. The maximum absolute atomic E-state index is 12.4. The number of hydrogen-bond donors (Lipinski definition) is 1. The topological polar surface area (TPSA) is 45.2 Å². The first-order valence-electron chi connectivity index (χ1n) is 7.12. The van der Waals surface area contributed by atoms with Gasteiger partial charge >= 0.3 is 0 Å². The number of nitrogens with one attached hydrogen (secondary N) is 1. The van der Waals surface area contributed by atoms with Crippen molar-refractivity contribution in [1.29, 1.82) is 0 Å². The van der Waals surface area contributed by atoms with Gasteiger partial charge < -0.3 is 10.2 Å². The van der Waals surface area contributed by atoms with Gasteiger partial charge in [-0.05, 0) is 37.9 Å². The maximum atomic E-state index is 12.4. The van der Waals surface area contributed by atoms with Gasteiger partial charge in [0, 0.05) is 31.0 Å². The first kappa shape index (κ1) is 14.0. The fourth-order valence-electron chi connectivity index (χ4n) is 2.54. The summed E-state index contributed by atoms with van der Waals surface area (Å²) in [4.78, 5) is 18.7. The molecular formula is C15H23N3O. The highest BCUT2D eigenvalue weighted by molar-refractivity contribution is 5.79. The molecule has 1 unspecified atom stereocenters. The smallest absolute Gasteiger partial charge is 0.227 e. The quantitative estimate of drug-likeness (QED) is 0.874. The van der Waals surface area contributed by atoms with Gasteiger partial charge in [0.1, 0.15) is 0 Å². The van der Waals surface area contributed by atoms with E-state index in [1.807, 2.05) is 30.2 Å². The Morgan fingerprint density at radius 1 is 1.53 bits per heavy atom. The Balaban J connectivity index is 2.00. The van der Waals surface area contributed by atoms with Crippen molar-refractivity contribution < 1.29 is 4.79 Å². The Kier molecular flexibility index (Phi) is 4.91. The van der Waals surface area contributed by atoms with Gasteiger partial charge in [-0.15, -0.1) is 0 Å². The fraction of sp³-hybridized carbons (Fsp3) is 0.600. The van der Waals surface area contributed by atoms with Crippen molar-refractivity contribution in [1.82, 2.24) is 15.2 Å². The minimum absolute atomic E-state index is 0.223. The molecule has 1 N–H and O–H groups in total. The van der Waals surface area contributed by atoms with Gasteiger partial charge in [-0.1, -0.05) is 13.0 Å². The normalized spacial score (nSPS) is 18.5. The van der Waals surface area contributed by atoms with Crippen LogP contribution in [-0.4, -0.2) is 41.5 Å². The molecule has 1 aromatic rings. The van der Waals surface area contributed by atoms with E-state index >= 15 is 0 Å². The summed E-state index contributed by atoms with van der Waals surface area (Å²) < 4.78 is 0. The Morgan fingerprint density at radius 3 is 2.95 bits per heavy atom. The number of carbonyl (C=O) groups is 1. The van der Waals surface area contributed by atoms with Gasteiger partial charge in [0.15, 0.2) is 0 Å². The van der Waals surface area contributed by atoms with Crippen LogP contribution >= 0.6 is 0 Å². The molecule has 1 fully saturated rings. The molecule has 1 aliphatic rings. The number of amides is 1. The summed E-state index contributed by atoms with van der Waals surface area (Å²) in [5.41, 5.74) is 1.99. The van der Waals surface area contributed by atoms with Crippen LogP contribution in [0.3, 0.4) is 0 Å². The summed E-state index contributed by atoms with van der Waals surface area (Å²) in [5, 5.41) is 3.33. The third kappa shape index (κ3) is 3.77. The van der Waals surface area contributed by atoms with Crippen molar-refractivity contribution in [3.63, 3.8) is 0 Å². The molecule has 0 bridgehead atoms. The van der Waals surface area contributed by atoms with Gasteiger partial charge in [0.25, 0.3) is 0 Å². The highest BCUT2D eigenvalue weighted by atomic mass is 16.2. The lowest BCUT2D eigenvalue weighted by Gasteiger charge is -2.28. The van der Waals surface area contributed by atoms with E-state index in [1.54, 1.807) is 0 Å². The van der Waals surface area contributed by atoms with E-state index in [2.05, 4.69) is 17.2 Å². The summed E-state index contributed by atoms with van der Waals surface area (Å²) >= 11 is 0. The zero-order valence-electron chi connectivity index (χ0n) is 11.9. The van der Waals surface area contributed by atoms with E-state index in [0.29, 0.717) is 12.5 Å². The molecule has 1 atom stereocenters. The van der Waals surface area contributed by atoms with Crippen molar-refractivity contribution in [2.75, 3.05) is 19.6 Å². The zero-order chi connectivity index (χ0) is 13.7. The van der Waals surface area contributed by atoms with E-state index in [-0.39, 0.29) is 5.91 Å². The average molecular weight is 261 g/mol. The molecule has 4 nitrogen and oxygen atoms in total. The second kappa shape index (κ2) is 6.66. The molecule has 19 heavy (non-hydrogen) atoms. The lowest BCUT2D eigenvalue weighted by Crippen LogP contribution is -2.42. The maximum Gasteiger partial charge on any atom is 0.227 e. The molecule has 0 spiro atoms. The first-order valence-corrected chi connectivity index (χ1v) is 7.12. The second-order valence-electron chi connectivity index (χ2n) is 5.22. The molecule has 2 rings (SSSR count). The summed E-state index contributed by atoms with van der Waals surface area (Å²) in [6.07, 6.45) is 4.35. The molecule has 1 saturated heterocycles. The number of carbonyl (C=O) groups excluding carboxylic acids is 1. The molecule has 0 aromatic carbocycles. The predicted molar refractivity (Wildman–Crippen MR) is 76.0 cm³/mol. The molecule has 104 valence electrons. The van der Waals surface area contributed by atoms with Crippen LogP contribution in [-0.2, 0) is 11.2 Å². The van der Waals surface area contributed by atoms with Gasteiger partial charge in [-0.2, -0.15) is 0 Å². The number of rotatable bonds is 5. The first-order chi connectivity index (χ1) is 9.20. The monoisotopic (exact) mass is 261 g/mol. The summed E-state index contributed by atoms with van der Waals surface area (Å²) in [5.74, 6) is 0.223. The molecule has 1 aliphatic heterocycles. The van der Waals surface area contributed by atoms with E-state index in [9.17, 15) is 4.79 Å². The van der Waals surface area contributed by atoms with Crippen LogP contribution in [0.15, 0.2) is 18.3 Å². The lowest BCUT2D eigenvalue weighted by atomic mass is 10.1. The minimum Gasteiger partial charge on any atom is -0.338 e. The van der Waals surface area contributed by atoms with Crippen LogP contribution in [0, 0.1) is 6.92 Å². The summed E-state index contributed by atoms with van der Waals surface area (Å²) in [6.45, 7) is 6.88. The number of hydrogen-bond acceptors (Lipinski definition) is 3. The van der Waals surface area contributed by atoms with Crippen molar-refractivity contribution in [2.24, 2.45) is 0 Å². The molecule has 2 heterocycles. The van der Waals surface area contributed by atoms with Gasteiger partial charge in [0.05, 0.1) is 6.42 Å². The lowest BCUT2D eigenvalue weighted by molar-refractivity contribution is -0.132. The van der Waals surface area contributed by atoms with Crippen molar-refractivity contribution in [3.8, 4) is 0 Å². The van der Waals surface area contributed by atoms with Crippen molar-refractivity contribution in [2.45, 2.75) is 39.2 Å². The highest BCUT2D eigenvalue weighted by Crippen LogP contribution is 2.12.